The first-order chi connectivity index (χ1) is 7.40. The molecule has 2 rings (SSSR count). The third kappa shape index (κ3) is 2.95. The van der Waals surface area contributed by atoms with Gasteiger partial charge >= 0.3 is 0 Å². The van der Waals surface area contributed by atoms with Gasteiger partial charge in [-0.15, -0.1) is 0 Å². The van der Waals surface area contributed by atoms with Crippen LogP contribution in [0.2, 0.25) is 0 Å². The number of nitrogens with one attached hydrogen (secondary N) is 2. The maximum Gasteiger partial charge on any atom is 0.183 e. The third-order valence-corrected chi connectivity index (χ3v) is 4.06. The number of aromatic nitrogens is 3. The highest BCUT2D eigenvalue weighted by molar-refractivity contribution is 7.99. The number of aromatic amines is 1. The fourth-order valence-electron chi connectivity index (χ4n) is 2.33. The topological polar surface area (TPSA) is 53.6 Å². The zero-order chi connectivity index (χ0) is 10.5. The van der Waals surface area contributed by atoms with Crippen LogP contribution >= 0.6 is 11.8 Å². The average Bonchev–Trinajstić information content (AvgIpc) is 2.88. The predicted molar refractivity (Wildman–Crippen MR) is 61.9 cm³/mol. The molecule has 1 aromatic rings. The van der Waals surface area contributed by atoms with E-state index in [-0.39, 0.29) is 0 Å². The highest BCUT2D eigenvalue weighted by Gasteiger charge is 2.25. The van der Waals surface area contributed by atoms with Crippen molar-refractivity contribution in [1.82, 2.24) is 20.5 Å². The number of hydrogen-bond acceptors (Lipinski definition) is 4. The Morgan fingerprint density at radius 3 is 3.27 bits per heavy atom. The Balaban J connectivity index is 1.69. The molecule has 1 fully saturated rings. The van der Waals surface area contributed by atoms with Crippen LogP contribution in [0, 0.1) is 5.92 Å². The van der Waals surface area contributed by atoms with Crippen molar-refractivity contribution in [3.63, 3.8) is 0 Å². The standard InChI is InChI=1S/C10H18N4S/c1-11-9-4-2-3-8(9)5-6-15-10-12-7-13-14-10/h7-9,11H,2-6H2,1H3,(H,12,13,14). The van der Waals surface area contributed by atoms with Crippen molar-refractivity contribution in [1.29, 1.82) is 0 Å². The minimum atomic E-state index is 0.736. The molecule has 0 aromatic carbocycles. The average molecular weight is 226 g/mol. The van der Waals surface area contributed by atoms with Crippen LogP contribution in [0.3, 0.4) is 0 Å². The van der Waals surface area contributed by atoms with Gasteiger partial charge in [0.25, 0.3) is 0 Å². The summed E-state index contributed by atoms with van der Waals surface area (Å²) in [5.74, 6) is 1.99. The second-order valence-electron chi connectivity index (χ2n) is 4.01. The summed E-state index contributed by atoms with van der Waals surface area (Å²) in [6.45, 7) is 0. The number of rotatable bonds is 5. The summed E-state index contributed by atoms with van der Waals surface area (Å²) in [4.78, 5) is 4.10. The summed E-state index contributed by atoms with van der Waals surface area (Å²) in [5, 5.41) is 11.1. The van der Waals surface area contributed by atoms with E-state index in [0.717, 1.165) is 22.9 Å². The van der Waals surface area contributed by atoms with Gasteiger partial charge in [-0.1, -0.05) is 18.2 Å². The molecule has 1 aliphatic carbocycles. The van der Waals surface area contributed by atoms with Crippen LogP contribution < -0.4 is 5.32 Å². The molecule has 1 aliphatic rings. The Bertz CT molecular complexity index is 275. The molecule has 0 radical (unpaired) electrons. The van der Waals surface area contributed by atoms with Crippen LogP contribution in [0.25, 0.3) is 0 Å². The molecule has 0 spiro atoms. The molecule has 1 aromatic heterocycles. The largest absolute Gasteiger partial charge is 0.317 e. The lowest BCUT2D eigenvalue weighted by molar-refractivity contribution is 0.417. The summed E-state index contributed by atoms with van der Waals surface area (Å²) in [6.07, 6.45) is 6.94. The molecule has 2 unspecified atom stereocenters. The van der Waals surface area contributed by atoms with E-state index in [1.165, 1.54) is 25.7 Å². The lowest BCUT2D eigenvalue weighted by atomic mass is 10.0. The van der Waals surface area contributed by atoms with Crippen LogP contribution in [-0.2, 0) is 0 Å². The maximum absolute atomic E-state index is 4.10. The molecule has 84 valence electrons. The molecule has 1 saturated carbocycles. The molecule has 2 N–H and O–H groups in total. The van der Waals surface area contributed by atoms with Crippen molar-refractivity contribution in [2.45, 2.75) is 36.9 Å². The molecular formula is C10H18N4S. The minimum Gasteiger partial charge on any atom is -0.317 e. The second-order valence-corrected chi connectivity index (χ2v) is 5.10. The van der Waals surface area contributed by atoms with Gasteiger partial charge in [-0.05, 0) is 32.2 Å². The van der Waals surface area contributed by atoms with Gasteiger partial charge in [0.15, 0.2) is 5.16 Å². The summed E-state index contributed by atoms with van der Waals surface area (Å²) in [5.41, 5.74) is 0. The van der Waals surface area contributed by atoms with Crippen molar-refractivity contribution < 1.29 is 0 Å². The van der Waals surface area contributed by atoms with Crippen LogP contribution in [0.5, 0.6) is 0 Å². The molecule has 0 aliphatic heterocycles. The Labute approximate surface area is 94.6 Å². The van der Waals surface area contributed by atoms with E-state index >= 15 is 0 Å². The molecular weight excluding hydrogens is 208 g/mol. The van der Waals surface area contributed by atoms with E-state index < -0.39 is 0 Å². The number of thioether (sulfide) groups is 1. The van der Waals surface area contributed by atoms with E-state index in [4.69, 9.17) is 0 Å². The monoisotopic (exact) mass is 226 g/mol. The summed E-state index contributed by atoms with van der Waals surface area (Å²) >= 11 is 1.77. The first-order valence-electron chi connectivity index (χ1n) is 5.55. The first kappa shape index (κ1) is 11.0. The molecule has 4 nitrogen and oxygen atoms in total. The Hall–Kier alpha value is -0.550. The van der Waals surface area contributed by atoms with Crippen molar-refractivity contribution in [2.24, 2.45) is 5.92 Å². The van der Waals surface area contributed by atoms with Gasteiger partial charge < -0.3 is 5.32 Å². The Kier molecular flexibility index (Phi) is 4.02. The second kappa shape index (κ2) is 5.51. The lowest BCUT2D eigenvalue weighted by Gasteiger charge is -2.17. The van der Waals surface area contributed by atoms with Gasteiger partial charge in [0.2, 0.25) is 0 Å². The third-order valence-electron chi connectivity index (χ3n) is 3.15. The number of H-pyrrole nitrogens is 1. The molecule has 15 heavy (non-hydrogen) atoms. The molecule has 2 atom stereocenters. The van der Waals surface area contributed by atoms with Crippen LogP contribution in [0.1, 0.15) is 25.7 Å². The molecule has 1 heterocycles. The molecule has 0 bridgehead atoms. The first-order valence-corrected chi connectivity index (χ1v) is 6.54. The van der Waals surface area contributed by atoms with Gasteiger partial charge in [0.1, 0.15) is 6.33 Å². The van der Waals surface area contributed by atoms with Gasteiger partial charge in [-0.25, -0.2) is 4.98 Å². The van der Waals surface area contributed by atoms with Crippen LogP contribution in [0.15, 0.2) is 11.5 Å². The maximum atomic E-state index is 4.10. The van der Waals surface area contributed by atoms with Gasteiger partial charge in [0, 0.05) is 11.8 Å². The van der Waals surface area contributed by atoms with E-state index in [9.17, 15) is 0 Å². The summed E-state index contributed by atoms with van der Waals surface area (Å²) in [6, 6.07) is 0.736. The van der Waals surface area contributed by atoms with Crippen molar-refractivity contribution in [3.8, 4) is 0 Å². The molecule has 5 heteroatoms. The fraction of sp³-hybridized carbons (Fsp3) is 0.800. The minimum absolute atomic E-state index is 0.736. The normalized spacial score (nSPS) is 25.9. The van der Waals surface area contributed by atoms with Gasteiger partial charge in [0.05, 0.1) is 0 Å². The highest BCUT2D eigenvalue weighted by Crippen LogP contribution is 2.29. The van der Waals surface area contributed by atoms with Crippen LogP contribution in [0.4, 0.5) is 0 Å². The smallest absolute Gasteiger partial charge is 0.183 e. The van der Waals surface area contributed by atoms with Crippen molar-refractivity contribution >= 4 is 11.8 Å². The number of nitrogens with zero attached hydrogens (tertiary/aromatic N) is 2. The van der Waals surface area contributed by atoms with E-state index in [1.807, 2.05) is 0 Å². The summed E-state index contributed by atoms with van der Waals surface area (Å²) in [7, 11) is 2.08. The van der Waals surface area contributed by atoms with Gasteiger partial charge in [-0.3, -0.25) is 5.10 Å². The van der Waals surface area contributed by atoms with E-state index in [0.29, 0.717) is 0 Å². The lowest BCUT2D eigenvalue weighted by Crippen LogP contribution is -2.29. The molecule has 0 saturated heterocycles. The van der Waals surface area contributed by atoms with Crippen molar-refractivity contribution in [3.05, 3.63) is 6.33 Å². The SMILES string of the molecule is CNC1CCCC1CCSc1ncn[nH]1. The van der Waals surface area contributed by atoms with Gasteiger partial charge in [-0.2, -0.15) is 5.10 Å². The summed E-state index contributed by atoms with van der Waals surface area (Å²) < 4.78 is 0. The van der Waals surface area contributed by atoms with E-state index in [2.05, 4.69) is 27.5 Å². The van der Waals surface area contributed by atoms with E-state index in [1.54, 1.807) is 18.1 Å². The van der Waals surface area contributed by atoms with Crippen LogP contribution in [-0.4, -0.2) is 34.0 Å². The Morgan fingerprint density at radius 1 is 1.60 bits per heavy atom. The zero-order valence-corrected chi connectivity index (χ0v) is 9.89. The number of hydrogen-bond donors (Lipinski definition) is 2. The molecule has 0 amide bonds. The predicted octanol–water partition coefficient (Wildman–Crippen LogP) is 1.67. The highest BCUT2D eigenvalue weighted by atomic mass is 32.2. The Morgan fingerprint density at radius 2 is 2.53 bits per heavy atom. The van der Waals surface area contributed by atoms with Crippen molar-refractivity contribution in [2.75, 3.05) is 12.8 Å². The quantitative estimate of drug-likeness (QED) is 0.750. The fourth-order valence-corrected chi connectivity index (χ4v) is 3.19. The zero-order valence-electron chi connectivity index (χ0n) is 9.07.